The lowest BCUT2D eigenvalue weighted by Gasteiger charge is -2.28. The van der Waals surface area contributed by atoms with Crippen molar-refractivity contribution in [3.8, 4) is 0 Å². The average Bonchev–Trinajstić information content (AvgIpc) is 2.54. The molecule has 1 saturated heterocycles. The molecule has 2 atom stereocenters. The quantitative estimate of drug-likeness (QED) is 0.928. The molecule has 1 aliphatic rings. The lowest BCUT2D eigenvalue weighted by molar-refractivity contribution is -0.0699. The molecule has 0 aromatic heterocycles. The third-order valence-corrected chi connectivity index (χ3v) is 4.82. The van der Waals surface area contributed by atoms with Crippen molar-refractivity contribution in [3.05, 3.63) is 29.8 Å². The zero-order valence-electron chi connectivity index (χ0n) is 13.0. The fourth-order valence-electron chi connectivity index (χ4n) is 2.92. The van der Waals surface area contributed by atoms with Crippen molar-refractivity contribution in [1.29, 1.82) is 0 Å². The van der Waals surface area contributed by atoms with Gasteiger partial charge in [-0.25, -0.2) is 0 Å². The maximum absolute atomic E-state index is 11.4. The minimum atomic E-state index is -0.906. The fraction of sp³-hybridized carbons (Fsp3) is 0.625. The highest BCUT2D eigenvalue weighted by Crippen LogP contribution is 2.37. The molecule has 2 rings (SSSR count). The Labute approximate surface area is 124 Å². The lowest BCUT2D eigenvalue weighted by atomic mass is 9.94. The molecule has 4 heteroatoms. The van der Waals surface area contributed by atoms with Crippen LogP contribution in [-0.2, 0) is 22.1 Å². The molecule has 1 fully saturated rings. The van der Waals surface area contributed by atoms with E-state index in [9.17, 15) is 4.21 Å². The van der Waals surface area contributed by atoms with Gasteiger partial charge in [-0.2, -0.15) is 0 Å². The summed E-state index contributed by atoms with van der Waals surface area (Å²) in [4.78, 5) is 0.874. The van der Waals surface area contributed by atoms with Crippen molar-refractivity contribution < 1.29 is 8.95 Å². The van der Waals surface area contributed by atoms with Crippen LogP contribution in [0.2, 0.25) is 0 Å². The normalized spacial score (nSPS) is 25.6. The molecule has 0 saturated carbocycles. The smallest absolute Gasteiger partial charge is 0.0787 e. The Bertz CT molecular complexity index is 494. The number of rotatable bonds is 4. The van der Waals surface area contributed by atoms with Crippen molar-refractivity contribution in [2.75, 3.05) is 6.26 Å². The Kier molecular flexibility index (Phi) is 4.38. The molecule has 1 N–H and O–H groups in total. The molecule has 0 bridgehead atoms. The standard InChI is InChI=1S/C16H25NO2S/c1-15(2)10-14(16(3,4)19-15)17-11-12-6-8-13(9-7-12)20(5)18/h6-9,14,17H,10-11H2,1-5H3/t14-,20-/m0/s1. The summed E-state index contributed by atoms with van der Waals surface area (Å²) in [5, 5.41) is 3.59. The van der Waals surface area contributed by atoms with Crippen LogP contribution in [0.5, 0.6) is 0 Å². The predicted molar refractivity (Wildman–Crippen MR) is 83.3 cm³/mol. The zero-order chi connectivity index (χ0) is 15.0. The van der Waals surface area contributed by atoms with Gasteiger partial charge in [0.2, 0.25) is 0 Å². The van der Waals surface area contributed by atoms with Gasteiger partial charge in [-0.15, -0.1) is 0 Å². The summed E-state index contributed by atoms with van der Waals surface area (Å²) < 4.78 is 17.4. The van der Waals surface area contributed by atoms with E-state index < -0.39 is 10.8 Å². The van der Waals surface area contributed by atoms with E-state index in [0.29, 0.717) is 6.04 Å². The summed E-state index contributed by atoms with van der Waals surface area (Å²) in [6.45, 7) is 9.37. The minimum absolute atomic E-state index is 0.0653. The number of hydrogen-bond donors (Lipinski definition) is 1. The van der Waals surface area contributed by atoms with E-state index in [-0.39, 0.29) is 11.2 Å². The van der Waals surface area contributed by atoms with E-state index in [1.807, 2.05) is 24.3 Å². The van der Waals surface area contributed by atoms with Crippen LogP contribution >= 0.6 is 0 Å². The number of hydrogen-bond acceptors (Lipinski definition) is 3. The van der Waals surface area contributed by atoms with E-state index in [2.05, 4.69) is 33.0 Å². The van der Waals surface area contributed by atoms with Gasteiger partial charge in [0.15, 0.2) is 0 Å². The van der Waals surface area contributed by atoms with Gasteiger partial charge in [-0.1, -0.05) is 12.1 Å². The van der Waals surface area contributed by atoms with Gasteiger partial charge in [0.1, 0.15) is 0 Å². The topological polar surface area (TPSA) is 38.3 Å². The number of nitrogens with one attached hydrogen (secondary N) is 1. The molecule has 1 aliphatic heterocycles. The molecule has 0 aliphatic carbocycles. The highest BCUT2D eigenvalue weighted by Gasteiger charge is 2.45. The molecule has 112 valence electrons. The van der Waals surface area contributed by atoms with Gasteiger partial charge in [0.25, 0.3) is 0 Å². The predicted octanol–water partition coefficient (Wildman–Crippen LogP) is 2.86. The van der Waals surface area contributed by atoms with E-state index in [1.54, 1.807) is 6.26 Å². The summed E-state index contributed by atoms with van der Waals surface area (Å²) in [5.41, 5.74) is 0.998. The first-order valence-corrected chi connectivity index (χ1v) is 8.61. The van der Waals surface area contributed by atoms with Gasteiger partial charge < -0.3 is 10.1 Å². The van der Waals surface area contributed by atoms with E-state index >= 15 is 0 Å². The molecule has 0 radical (unpaired) electrons. The first-order chi connectivity index (χ1) is 9.20. The fourth-order valence-corrected chi connectivity index (χ4v) is 3.44. The molecule has 0 amide bonds. The summed E-state index contributed by atoms with van der Waals surface area (Å²) in [6, 6.07) is 8.30. The summed E-state index contributed by atoms with van der Waals surface area (Å²) >= 11 is 0. The van der Waals surface area contributed by atoms with Crippen LogP contribution in [0.1, 0.15) is 39.7 Å². The number of ether oxygens (including phenoxy) is 1. The van der Waals surface area contributed by atoms with Gasteiger partial charge in [0, 0.05) is 34.5 Å². The first kappa shape index (κ1) is 15.7. The Morgan fingerprint density at radius 1 is 1.25 bits per heavy atom. The summed E-state index contributed by atoms with van der Waals surface area (Å²) in [5.74, 6) is 0. The molecular weight excluding hydrogens is 270 g/mol. The molecule has 1 aromatic rings. The van der Waals surface area contributed by atoms with E-state index in [0.717, 1.165) is 17.9 Å². The summed E-state index contributed by atoms with van der Waals surface area (Å²) in [6.07, 6.45) is 2.71. The molecule has 0 spiro atoms. The second kappa shape index (κ2) is 5.58. The SMILES string of the molecule is C[S@](=O)c1ccc(CN[C@H]2CC(C)(C)OC2(C)C)cc1. The second-order valence-electron chi connectivity index (χ2n) is 6.70. The van der Waals surface area contributed by atoms with Gasteiger partial charge in [0.05, 0.1) is 11.2 Å². The lowest BCUT2D eigenvalue weighted by Crippen LogP contribution is -2.42. The average molecular weight is 295 g/mol. The Balaban J connectivity index is 1.97. The van der Waals surface area contributed by atoms with Crippen LogP contribution in [0.25, 0.3) is 0 Å². The van der Waals surface area contributed by atoms with E-state index in [1.165, 1.54) is 5.56 Å². The van der Waals surface area contributed by atoms with E-state index in [4.69, 9.17) is 4.74 Å². The summed E-state index contributed by atoms with van der Waals surface area (Å²) in [7, 11) is -0.906. The monoisotopic (exact) mass is 295 g/mol. The Hall–Kier alpha value is -0.710. The molecule has 1 heterocycles. The minimum Gasteiger partial charge on any atom is -0.368 e. The van der Waals surface area contributed by atoms with Crippen molar-refractivity contribution in [3.63, 3.8) is 0 Å². The van der Waals surface area contributed by atoms with Crippen LogP contribution in [0.15, 0.2) is 29.2 Å². The highest BCUT2D eigenvalue weighted by molar-refractivity contribution is 7.84. The zero-order valence-corrected chi connectivity index (χ0v) is 13.8. The van der Waals surface area contributed by atoms with Gasteiger partial charge in [-0.05, 0) is 51.8 Å². The van der Waals surface area contributed by atoms with Crippen molar-refractivity contribution >= 4 is 10.8 Å². The Morgan fingerprint density at radius 2 is 1.85 bits per heavy atom. The molecule has 3 nitrogen and oxygen atoms in total. The number of benzene rings is 1. The molecule has 0 unspecified atom stereocenters. The van der Waals surface area contributed by atoms with Crippen molar-refractivity contribution in [2.45, 2.75) is 62.8 Å². The molecule has 1 aromatic carbocycles. The van der Waals surface area contributed by atoms with Crippen molar-refractivity contribution in [2.24, 2.45) is 0 Å². The highest BCUT2D eigenvalue weighted by atomic mass is 32.2. The first-order valence-electron chi connectivity index (χ1n) is 7.05. The Morgan fingerprint density at radius 3 is 2.30 bits per heavy atom. The van der Waals surface area contributed by atoms with Crippen LogP contribution in [0, 0.1) is 0 Å². The van der Waals surface area contributed by atoms with Crippen LogP contribution in [0.3, 0.4) is 0 Å². The largest absolute Gasteiger partial charge is 0.368 e. The van der Waals surface area contributed by atoms with Gasteiger partial charge in [-0.3, -0.25) is 4.21 Å². The van der Waals surface area contributed by atoms with Gasteiger partial charge >= 0.3 is 0 Å². The van der Waals surface area contributed by atoms with Crippen LogP contribution < -0.4 is 5.32 Å². The molecule has 20 heavy (non-hydrogen) atoms. The van der Waals surface area contributed by atoms with Crippen molar-refractivity contribution in [1.82, 2.24) is 5.32 Å². The maximum Gasteiger partial charge on any atom is 0.0787 e. The third kappa shape index (κ3) is 3.68. The second-order valence-corrected chi connectivity index (χ2v) is 8.08. The molecular formula is C16H25NO2S. The third-order valence-electron chi connectivity index (χ3n) is 3.88. The van der Waals surface area contributed by atoms with Crippen LogP contribution in [-0.4, -0.2) is 27.7 Å². The van der Waals surface area contributed by atoms with Crippen LogP contribution in [0.4, 0.5) is 0 Å². The maximum atomic E-state index is 11.4.